The predicted octanol–water partition coefficient (Wildman–Crippen LogP) is 1.75. The molecule has 2 rings (SSSR count). The van der Waals surface area contributed by atoms with Crippen LogP contribution in [0.25, 0.3) is 0 Å². The topological polar surface area (TPSA) is 12.5 Å². The maximum Gasteiger partial charge on any atom is 0.0538 e. The Bertz CT molecular complexity index is 193. The third-order valence-electron chi connectivity index (χ3n) is 3.95. The van der Waals surface area contributed by atoms with Crippen LogP contribution in [0.5, 0.6) is 0 Å². The molecule has 0 saturated carbocycles. The summed E-state index contributed by atoms with van der Waals surface area (Å²) in [7, 11) is 0. The Morgan fingerprint density at radius 3 is 2.69 bits per heavy atom. The Hall–Kier alpha value is -0.0800. The van der Waals surface area contributed by atoms with E-state index in [0.29, 0.717) is 11.5 Å². The maximum absolute atomic E-state index is 5.60. The maximum atomic E-state index is 5.60. The second kappa shape index (κ2) is 3.25. The number of ether oxygens (including phenoxy) is 1. The summed E-state index contributed by atoms with van der Waals surface area (Å²) in [5.74, 6) is 0.760. The van der Waals surface area contributed by atoms with Crippen LogP contribution in [0.3, 0.4) is 0 Å². The van der Waals surface area contributed by atoms with Gasteiger partial charge in [-0.1, -0.05) is 6.92 Å². The third-order valence-corrected chi connectivity index (χ3v) is 3.95. The second-order valence-corrected chi connectivity index (χ2v) is 5.09. The Balaban J connectivity index is 2.03. The van der Waals surface area contributed by atoms with Crippen molar-refractivity contribution in [3.05, 3.63) is 0 Å². The lowest BCUT2D eigenvalue weighted by Crippen LogP contribution is -2.35. The van der Waals surface area contributed by atoms with Crippen molar-refractivity contribution < 1.29 is 4.74 Å². The minimum atomic E-state index is 0.504. The van der Waals surface area contributed by atoms with Crippen molar-refractivity contribution in [1.29, 1.82) is 0 Å². The molecule has 0 N–H and O–H groups in total. The predicted molar refractivity (Wildman–Crippen MR) is 53.7 cm³/mol. The van der Waals surface area contributed by atoms with Crippen LogP contribution in [0.4, 0.5) is 0 Å². The van der Waals surface area contributed by atoms with Crippen LogP contribution in [0.2, 0.25) is 0 Å². The molecule has 13 heavy (non-hydrogen) atoms. The molecule has 2 atom stereocenters. The Labute approximate surface area is 81.3 Å². The summed E-state index contributed by atoms with van der Waals surface area (Å²) in [5.41, 5.74) is 0.504. The average Bonchev–Trinajstić information content (AvgIpc) is 2.63. The van der Waals surface area contributed by atoms with Crippen molar-refractivity contribution in [3.63, 3.8) is 0 Å². The van der Waals surface area contributed by atoms with Crippen molar-refractivity contribution in [3.8, 4) is 0 Å². The van der Waals surface area contributed by atoms with Crippen molar-refractivity contribution in [2.75, 3.05) is 26.3 Å². The lowest BCUT2D eigenvalue weighted by molar-refractivity contribution is 0.146. The van der Waals surface area contributed by atoms with Gasteiger partial charge in [0, 0.05) is 24.6 Å². The van der Waals surface area contributed by atoms with Gasteiger partial charge in [0.1, 0.15) is 0 Å². The Morgan fingerprint density at radius 1 is 1.46 bits per heavy atom. The zero-order chi connectivity index (χ0) is 9.47. The van der Waals surface area contributed by atoms with Gasteiger partial charge in [0.2, 0.25) is 0 Å². The molecule has 0 aliphatic carbocycles. The Kier molecular flexibility index (Phi) is 2.37. The summed E-state index contributed by atoms with van der Waals surface area (Å²) in [6, 6.07) is 0.701. The molecule has 0 aromatic heterocycles. The molecule has 2 heteroatoms. The van der Waals surface area contributed by atoms with E-state index in [1.165, 1.54) is 19.5 Å². The van der Waals surface area contributed by atoms with Gasteiger partial charge < -0.3 is 9.64 Å². The average molecular weight is 183 g/mol. The van der Waals surface area contributed by atoms with Crippen molar-refractivity contribution in [1.82, 2.24) is 4.90 Å². The third kappa shape index (κ3) is 1.50. The number of likely N-dealkylation sites (tertiary alicyclic amines) is 1. The largest absolute Gasteiger partial charge is 0.381 e. The normalized spacial score (nSPS) is 41.1. The van der Waals surface area contributed by atoms with Crippen molar-refractivity contribution >= 4 is 0 Å². The van der Waals surface area contributed by atoms with Crippen molar-refractivity contribution in [2.24, 2.45) is 11.3 Å². The number of rotatable bonds is 1. The molecule has 0 bridgehead atoms. The van der Waals surface area contributed by atoms with E-state index in [1.807, 2.05) is 0 Å². The quantitative estimate of drug-likeness (QED) is 0.614. The summed E-state index contributed by atoms with van der Waals surface area (Å²) in [6.07, 6.45) is 1.34. The first-order chi connectivity index (χ1) is 6.14. The summed E-state index contributed by atoms with van der Waals surface area (Å²) in [5, 5.41) is 0. The summed E-state index contributed by atoms with van der Waals surface area (Å²) >= 11 is 0. The molecule has 2 fully saturated rings. The monoisotopic (exact) mass is 183 g/mol. The molecular formula is C11H21NO. The zero-order valence-corrected chi connectivity index (χ0v) is 9.05. The number of nitrogens with zero attached hydrogens (tertiary/aromatic N) is 1. The van der Waals surface area contributed by atoms with Gasteiger partial charge in [0.25, 0.3) is 0 Å². The van der Waals surface area contributed by atoms with Gasteiger partial charge in [-0.2, -0.15) is 0 Å². The van der Waals surface area contributed by atoms with E-state index in [4.69, 9.17) is 4.74 Å². The van der Waals surface area contributed by atoms with Crippen LogP contribution in [0, 0.1) is 11.3 Å². The lowest BCUT2D eigenvalue weighted by Gasteiger charge is -2.28. The summed E-state index contributed by atoms with van der Waals surface area (Å²) in [4.78, 5) is 2.59. The first kappa shape index (κ1) is 9.47. The molecule has 2 aliphatic rings. The highest BCUT2D eigenvalue weighted by Gasteiger charge is 2.46. The van der Waals surface area contributed by atoms with Crippen LogP contribution in [-0.4, -0.2) is 37.2 Å². The second-order valence-electron chi connectivity index (χ2n) is 5.09. The van der Waals surface area contributed by atoms with Gasteiger partial charge in [0.05, 0.1) is 6.61 Å². The fraction of sp³-hybridized carbons (Fsp3) is 1.00. The minimum Gasteiger partial charge on any atom is -0.381 e. The fourth-order valence-electron chi connectivity index (χ4n) is 2.65. The molecule has 0 amide bonds. The van der Waals surface area contributed by atoms with Crippen LogP contribution in [0.15, 0.2) is 0 Å². The highest BCUT2D eigenvalue weighted by molar-refractivity contribution is 4.96. The minimum absolute atomic E-state index is 0.504. The molecule has 76 valence electrons. The van der Waals surface area contributed by atoms with E-state index in [9.17, 15) is 0 Å². The molecule has 2 saturated heterocycles. The molecule has 2 aliphatic heterocycles. The van der Waals surface area contributed by atoms with E-state index < -0.39 is 0 Å². The highest BCUT2D eigenvalue weighted by Crippen LogP contribution is 2.42. The van der Waals surface area contributed by atoms with E-state index in [0.717, 1.165) is 19.1 Å². The van der Waals surface area contributed by atoms with Gasteiger partial charge in [-0.25, -0.2) is 0 Å². The van der Waals surface area contributed by atoms with Crippen LogP contribution < -0.4 is 0 Å². The van der Waals surface area contributed by atoms with E-state index in [2.05, 4.69) is 25.7 Å². The summed E-state index contributed by atoms with van der Waals surface area (Å²) in [6.45, 7) is 11.4. The van der Waals surface area contributed by atoms with Gasteiger partial charge in [-0.05, 0) is 32.7 Å². The first-order valence-corrected chi connectivity index (χ1v) is 5.46. The van der Waals surface area contributed by atoms with Crippen LogP contribution in [0.1, 0.15) is 27.2 Å². The number of hydrogen-bond acceptors (Lipinski definition) is 2. The van der Waals surface area contributed by atoms with Crippen molar-refractivity contribution in [2.45, 2.75) is 33.2 Å². The first-order valence-electron chi connectivity index (χ1n) is 5.46. The van der Waals surface area contributed by atoms with Gasteiger partial charge in [0.15, 0.2) is 0 Å². The van der Waals surface area contributed by atoms with Gasteiger partial charge in [-0.3, -0.25) is 0 Å². The van der Waals surface area contributed by atoms with Crippen LogP contribution >= 0.6 is 0 Å². The molecule has 2 unspecified atom stereocenters. The molecule has 0 aromatic carbocycles. The molecule has 2 nitrogen and oxygen atoms in total. The molecule has 0 radical (unpaired) electrons. The zero-order valence-electron chi connectivity index (χ0n) is 9.05. The van der Waals surface area contributed by atoms with Gasteiger partial charge >= 0.3 is 0 Å². The molecule has 1 spiro atoms. The van der Waals surface area contributed by atoms with E-state index >= 15 is 0 Å². The smallest absolute Gasteiger partial charge is 0.0538 e. The molecule has 0 aromatic rings. The highest BCUT2D eigenvalue weighted by atomic mass is 16.5. The van der Waals surface area contributed by atoms with E-state index in [1.54, 1.807) is 0 Å². The lowest BCUT2D eigenvalue weighted by atomic mass is 9.78. The number of hydrogen-bond donors (Lipinski definition) is 0. The molecular weight excluding hydrogens is 162 g/mol. The SMILES string of the molecule is CC(C)N1CCC2(COCC2C)C1. The standard InChI is InChI=1S/C11H21NO/c1-9(2)12-5-4-11(7-12)8-13-6-10(11)3/h9-10H,4-8H2,1-3H3. The van der Waals surface area contributed by atoms with Gasteiger partial charge in [-0.15, -0.1) is 0 Å². The fourth-order valence-corrected chi connectivity index (χ4v) is 2.65. The summed E-state index contributed by atoms with van der Waals surface area (Å²) < 4.78 is 5.60. The Morgan fingerprint density at radius 2 is 2.23 bits per heavy atom. The van der Waals surface area contributed by atoms with Crippen LogP contribution in [-0.2, 0) is 4.74 Å². The van der Waals surface area contributed by atoms with E-state index in [-0.39, 0.29) is 0 Å². The molecule has 2 heterocycles.